The minimum Gasteiger partial charge on any atom is -0.493 e. The molecule has 2 aromatic carbocycles. The summed E-state index contributed by atoms with van der Waals surface area (Å²) in [5, 5.41) is 15.1. The van der Waals surface area contributed by atoms with E-state index in [1.165, 1.54) is 6.20 Å². The summed E-state index contributed by atoms with van der Waals surface area (Å²) >= 11 is 0. The molecule has 2 N–H and O–H groups in total. The van der Waals surface area contributed by atoms with E-state index >= 15 is 0 Å². The highest BCUT2D eigenvalue weighted by atomic mass is 16.5. The molecule has 0 radical (unpaired) electrons. The molecule has 0 aliphatic carbocycles. The molecule has 0 saturated heterocycles. The molecule has 0 aromatic heterocycles. The number of aryl methyl sites for hydroxylation is 1. The number of nitrogens with one attached hydrogen (secondary N) is 2. The van der Waals surface area contributed by atoms with Gasteiger partial charge >= 0.3 is 0 Å². The average Bonchev–Trinajstić information content (AvgIpc) is 2.69. The van der Waals surface area contributed by atoms with Crippen LogP contribution in [0.4, 0.5) is 5.69 Å². The standard InChI is InChI=1S/C21H23N3O3/c1-14-5-8-18(9-6-14)23-13-17(12-22)21(25)24-15(2)16-7-10-19(26-3)20(11-16)27-4/h5-11,13,15,23H,1-4H3,(H,24,25)/b17-13-. The highest BCUT2D eigenvalue weighted by Gasteiger charge is 2.15. The maximum Gasteiger partial charge on any atom is 0.263 e. The summed E-state index contributed by atoms with van der Waals surface area (Å²) in [6.45, 7) is 3.82. The molecule has 6 heteroatoms. The summed E-state index contributed by atoms with van der Waals surface area (Å²) in [6, 6.07) is 14.7. The highest BCUT2D eigenvalue weighted by Crippen LogP contribution is 2.29. The number of methoxy groups -OCH3 is 2. The lowest BCUT2D eigenvalue weighted by atomic mass is 10.1. The molecule has 0 aliphatic rings. The number of rotatable bonds is 7. The van der Waals surface area contributed by atoms with Crippen LogP contribution in [-0.2, 0) is 4.79 Å². The van der Waals surface area contributed by atoms with E-state index in [9.17, 15) is 10.1 Å². The fourth-order valence-corrected chi connectivity index (χ4v) is 2.43. The summed E-state index contributed by atoms with van der Waals surface area (Å²) in [4.78, 5) is 12.4. The number of hydrogen-bond donors (Lipinski definition) is 2. The van der Waals surface area contributed by atoms with Crippen molar-refractivity contribution in [2.24, 2.45) is 0 Å². The maximum atomic E-state index is 12.4. The number of carbonyl (C=O) groups excluding carboxylic acids is 1. The number of amides is 1. The summed E-state index contributed by atoms with van der Waals surface area (Å²) in [6.07, 6.45) is 1.40. The van der Waals surface area contributed by atoms with E-state index in [1.54, 1.807) is 26.4 Å². The van der Waals surface area contributed by atoms with Gasteiger partial charge in [0.25, 0.3) is 5.91 Å². The molecule has 0 heterocycles. The first-order valence-electron chi connectivity index (χ1n) is 8.44. The van der Waals surface area contributed by atoms with Crippen LogP contribution in [0.25, 0.3) is 0 Å². The van der Waals surface area contributed by atoms with Gasteiger partial charge in [-0.3, -0.25) is 4.79 Å². The third kappa shape index (κ3) is 5.25. The van der Waals surface area contributed by atoms with Crippen LogP contribution in [0.3, 0.4) is 0 Å². The van der Waals surface area contributed by atoms with E-state index in [0.29, 0.717) is 11.5 Å². The van der Waals surface area contributed by atoms with Gasteiger partial charge in [0.1, 0.15) is 11.6 Å². The summed E-state index contributed by atoms with van der Waals surface area (Å²) in [5.74, 6) is 0.729. The van der Waals surface area contributed by atoms with Gasteiger partial charge in [-0.05, 0) is 43.7 Å². The first kappa shape index (κ1) is 19.9. The Morgan fingerprint density at radius 1 is 1.11 bits per heavy atom. The molecule has 27 heavy (non-hydrogen) atoms. The third-order valence-corrected chi connectivity index (χ3v) is 4.06. The van der Waals surface area contributed by atoms with Gasteiger partial charge in [-0.25, -0.2) is 0 Å². The molecule has 140 valence electrons. The Balaban J connectivity index is 2.08. The minimum absolute atomic E-state index is 0.0112. The van der Waals surface area contributed by atoms with Crippen LogP contribution < -0.4 is 20.1 Å². The molecule has 0 aliphatic heterocycles. The Morgan fingerprint density at radius 3 is 2.37 bits per heavy atom. The van der Waals surface area contributed by atoms with Crippen molar-refractivity contribution in [3.63, 3.8) is 0 Å². The third-order valence-electron chi connectivity index (χ3n) is 4.06. The van der Waals surface area contributed by atoms with E-state index in [-0.39, 0.29) is 11.6 Å². The number of hydrogen-bond acceptors (Lipinski definition) is 5. The van der Waals surface area contributed by atoms with E-state index in [2.05, 4.69) is 10.6 Å². The van der Waals surface area contributed by atoms with E-state index in [4.69, 9.17) is 9.47 Å². The van der Waals surface area contributed by atoms with Crippen molar-refractivity contribution >= 4 is 11.6 Å². The molecule has 1 unspecified atom stereocenters. The van der Waals surface area contributed by atoms with Crippen LogP contribution in [0.15, 0.2) is 54.2 Å². The summed E-state index contributed by atoms with van der Waals surface area (Å²) < 4.78 is 10.5. The monoisotopic (exact) mass is 365 g/mol. The molecular weight excluding hydrogens is 342 g/mol. The van der Waals surface area contributed by atoms with Gasteiger partial charge in [0.05, 0.1) is 20.3 Å². The van der Waals surface area contributed by atoms with E-state index < -0.39 is 5.91 Å². The number of anilines is 1. The lowest BCUT2D eigenvalue weighted by Gasteiger charge is -2.16. The molecule has 1 atom stereocenters. The minimum atomic E-state index is -0.459. The summed E-state index contributed by atoms with van der Waals surface area (Å²) in [7, 11) is 3.12. The zero-order valence-corrected chi connectivity index (χ0v) is 15.9. The molecule has 0 fully saturated rings. The second-order valence-corrected chi connectivity index (χ2v) is 5.99. The SMILES string of the molecule is COc1ccc(C(C)NC(=O)/C(C#N)=C\Nc2ccc(C)cc2)cc1OC. The zero-order chi connectivity index (χ0) is 19.8. The Kier molecular flexibility index (Phi) is 6.84. The molecule has 0 bridgehead atoms. The first-order chi connectivity index (χ1) is 13.0. The highest BCUT2D eigenvalue weighted by molar-refractivity contribution is 5.97. The molecule has 6 nitrogen and oxygen atoms in total. The Bertz CT molecular complexity index is 867. The van der Waals surface area contributed by atoms with Crippen LogP contribution in [0.2, 0.25) is 0 Å². The number of nitriles is 1. The van der Waals surface area contributed by atoms with Gasteiger partial charge in [-0.15, -0.1) is 0 Å². The molecule has 0 spiro atoms. The van der Waals surface area contributed by atoms with Crippen molar-refractivity contribution in [3.8, 4) is 17.6 Å². The van der Waals surface area contributed by atoms with Gasteiger partial charge in [0.15, 0.2) is 11.5 Å². The smallest absolute Gasteiger partial charge is 0.263 e. The van der Waals surface area contributed by atoms with Gasteiger partial charge in [-0.2, -0.15) is 5.26 Å². The molecule has 1 amide bonds. The van der Waals surface area contributed by atoms with Crippen LogP contribution >= 0.6 is 0 Å². The van der Waals surface area contributed by atoms with Crippen LogP contribution in [0, 0.1) is 18.3 Å². The van der Waals surface area contributed by atoms with Crippen molar-refractivity contribution < 1.29 is 14.3 Å². The van der Waals surface area contributed by atoms with Crippen LogP contribution in [-0.4, -0.2) is 20.1 Å². The Labute approximate surface area is 159 Å². The first-order valence-corrected chi connectivity index (χ1v) is 8.44. The normalized spacial score (nSPS) is 11.9. The second kappa shape index (κ2) is 9.30. The van der Waals surface area contributed by atoms with Crippen LogP contribution in [0.1, 0.15) is 24.1 Å². The van der Waals surface area contributed by atoms with E-state index in [0.717, 1.165) is 16.8 Å². The number of benzene rings is 2. The predicted octanol–water partition coefficient (Wildman–Crippen LogP) is 3.71. The number of ether oxygens (including phenoxy) is 2. The van der Waals surface area contributed by atoms with Crippen molar-refractivity contribution in [2.45, 2.75) is 19.9 Å². The predicted molar refractivity (Wildman–Crippen MR) is 105 cm³/mol. The van der Waals surface area contributed by atoms with Crippen LogP contribution in [0.5, 0.6) is 11.5 Å². The van der Waals surface area contributed by atoms with Gasteiger partial charge < -0.3 is 20.1 Å². The molecule has 2 rings (SSSR count). The Morgan fingerprint density at radius 2 is 1.78 bits per heavy atom. The van der Waals surface area contributed by atoms with Crippen molar-refractivity contribution in [2.75, 3.05) is 19.5 Å². The second-order valence-electron chi connectivity index (χ2n) is 5.99. The average molecular weight is 365 g/mol. The quantitative estimate of drug-likeness (QED) is 0.577. The maximum absolute atomic E-state index is 12.4. The van der Waals surface area contributed by atoms with Gasteiger partial charge in [0.2, 0.25) is 0 Å². The zero-order valence-electron chi connectivity index (χ0n) is 15.9. The van der Waals surface area contributed by atoms with Crippen molar-refractivity contribution in [3.05, 3.63) is 65.4 Å². The van der Waals surface area contributed by atoms with Gasteiger partial charge in [0, 0.05) is 11.9 Å². The largest absolute Gasteiger partial charge is 0.493 e. The van der Waals surface area contributed by atoms with Gasteiger partial charge in [-0.1, -0.05) is 23.8 Å². The topological polar surface area (TPSA) is 83.4 Å². The number of nitrogens with zero attached hydrogens (tertiary/aromatic N) is 1. The lowest BCUT2D eigenvalue weighted by Crippen LogP contribution is -2.28. The molecular formula is C21H23N3O3. The van der Waals surface area contributed by atoms with Crippen molar-refractivity contribution in [1.82, 2.24) is 5.32 Å². The fourth-order valence-electron chi connectivity index (χ4n) is 2.43. The lowest BCUT2D eigenvalue weighted by molar-refractivity contribution is -0.117. The van der Waals surface area contributed by atoms with E-state index in [1.807, 2.05) is 50.2 Å². The number of carbonyl (C=O) groups is 1. The van der Waals surface area contributed by atoms with Crippen molar-refractivity contribution in [1.29, 1.82) is 5.26 Å². The Hall–Kier alpha value is -3.46. The molecule has 0 saturated carbocycles. The summed E-state index contributed by atoms with van der Waals surface area (Å²) in [5.41, 5.74) is 2.76. The molecule has 2 aromatic rings. The fraction of sp³-hybridized carbons (Fsp3) is 0.238.